The van der Waals surface area contributed by atoms with Crippen molar-refractivity contribution in [2.75, 3.05) is 26.0 Å². The fourth-order valence-corrected chi connectivity index (χ4v) is 5.33. The van der Waals surface area contributed by atoms with E-state index < -0.39 is 20.5 Å². The number of carbonyl (C=O) groups excluding carboxylic acids is 2. The maximum absolute atomic E-state index is 15.1. The molecule has 1 aliphatic rings. The number of nitrogens with one attached hydrogen (secondary N) is 1. The van der Waals surface area contributed by atoms with Crippen molar-refractivity contribution >= 4 is 21.7 Å². The molecule has 7 nitrogen and oxygen atoms in total. The zero-order valence-electron chi connectivity index (χ0n) is 22.6. The van der Waals surface area contributed by atoms with E-state index in [-0.39, 0.29) is 42.5 Å². The van der Waals surface area contributed by atoms with Crippen LogP contribution in [0.2, 0.25) is 0 Å². The fraction of sp³-hybridized carbons (Fsp3) is 0.333. The van der Waals surface area contributed by atoms with Crippen LogP contribution in [-0.4, -0.2) is 51.1 Å². The first-order valence-corrected chi connectivity index (χ1v) is 14.8. The largest absolute Gasteiger partial charge is 0.491 e. The van der Waals surface area contributed by atoms with E-state index in [2.05, 4.69) is 5.32 Å². The Hall–Kier alpha value is -3.72. The van der Waals surface area contributed by atoms with E-state index >= 15 is 4.39 Å². The predicted octanol–water partition coefficient (Wildman–Crippen LogP) is 4.88. The van der Waals surface area contributed by atoms with Crippen molar-refractivity contribution in [2.45, 2.75) is 38.6 Å². The standard InChI is InChI=1S/C30H33FN2O5S/c1-5-24-25(11-13-27(28(24)31)39(4,36)37)30(35)33-14-15-38-26-12-10-22(16-23(26)18-33)20-6-8-21(9-7-20)29(34)32-17-19(2)3/h6-13,16,19H,5,14-15,17-18H2,1-4H3,(H,32,34). The Labute approximate surface area is 228 Å². The lowest BCUT2D eigenvalue weighted by molar-refractivity contribution is 0.0731. The molecule has 39 heavy (non-hydrogen) atoms. The van der Waals surface area contributed by atoms with Gasteiger partial charge in [0, 0.05) is 41.6 Å². The zero-order chi connectivity index (χ0) is 28.3. The molecule has 0 saturated carbocycles. The minimum absolute atomic E-state index is 0.0829. The molecule has 1 heterocycles. The summed E-state index contributed by atoms with van der Waals surface area (Å²) in [4.78, 5) is 27.1. The first-order valence-electron chi connectivity index (χ1n) is 12.9. The Bertz CT molecular complexity index is 1500. The van der Waals surface area contributed by atoms with Gasteiger partial charge in [0.05, 0.1) is 6.54 Å². The summed E-state index contributed by atoms with van der Waals surface area (Å²) in [7, 11) is -3.77. The van der Waals surface area contributed by atoms with Gasteiger partial charge in [-0.25, -0.2) is 12.8 Å². The Kier molecular flexibility index (Phi) is 8.39. The average Bonchev–Trinajstić information content (AvgIpc) is 3.12. The molecular formula is C30H33FN2O5S. The molecule has 0 radical (unpaired) electrons. The molecule has 0 unspecified atom stereocenters. The van der Waals surface area contributed by atoms with Crippen LogP contribution in [0.3, 0.4) is 0 Å². The molecule has 0 atom stereocenters. The van der Waals surface area contributed by atoms with Gasteiger partial charge in [-0.05, 0) is 59.9 Å². The van der Waals surface area contributed by atoms with Gasteiger partial charge in [-0.15, -0.1) is 0 Å². The quantitative estimate of drug-likeness (QED) is 0.451. The lowest BCUT2D eigenvalue weighted by Crippen LogP contribution is -2.33. The number of benzene rings is 3. The molecule has 0 bridgehead atoms. The number of fused-ring (bicyclic) bond motifs is 1. The van der Waals surface area contributed by atoms with Crippen molar-refractivity contribution in [3.05, 3.63) is 82.7 Å². The number of nitrogens with zero attached hydrogens (tertiary/aromatic N) is 1. The topological polar surface area (TPSA) is 92.8 Å². The first kappa shape index (κ1) is 28.3. The molecule has 0 spiro atoms. The van der Waals surface area contributed by atoms with E-state index in [0.717, 1.165) is 29.0 Å². The van der Waals surface area contributed by atoms with Crippen LogP contribution in [0.4, 0.5) is 4.39 Å². The van der Waals surface area contributed by atoms with Gasteiger partial charge in [0.1, 0.15) is 23.1 Å². The summed E-state index contributed by atoms with van der Waals surface area (Å²) in [5, 5.41) is 2.91. The number of amides is 2. The minimum Gasteiger partial charge on any atom is -0.491 e. The molecule has 0 aromatic heterocycles. The van der Waals surface area contributed by atoms with E-state index in [1.807, 2.05) is 44.2 Å². The van der Waals surface area contributed by atoms with Gasteiger partial charge in [0.15, 0.2) is 9.84 Å². The summed E-state index contributed by atoms with van der Waals surface area (Å²) in [6.07, 6.45) is 1.12. The highest BCUT2D eigenvalue weighted by Gasteiger charge is 2.27. The van der Waals surface area contributed by atoms with Crippen LogP contribution in [-0.2, 0) is 22.8 Å². The molecule has 9 heteroatoms. The number of hydrogen-bond donors (Lipinski definition) is 1. The van der Waals surface area contributed by atoms with Crippen LogP contribution >= 0.6 is 0 Å². The summed E-state index contributed by atoms with van der Waals surface area (Å²) in [5.41, 5.74) is 3.41. The third-order valence-electron chi connectivity index (χ3n) is 6.67. The second-order valence-electron chi connectivity index (χ2n) is 10.1. The molecule has 3 aromatic carbocycles. The maximum atomic E-state index is 15.1. The summed E-state index contributed by atoms with van der Waals surface area (Å²) in [5.74, 6) is -0.355. The molecular weight excluding hydrogens is 519 g/mol. The lowest BCUT2D eigenvalue weighted by atomic mass is 10.00. The van der Waals surface area contributed by atoms with Crippen LogP contribution < -0.4 is 10.1 Å². The Morgan fingerprint density at radius 1 is 1.05 bits per heavy atom. The highest BCUT2D eigenvalue weighted by Crippen LogP contribution is 2.31. The van der Waals surface area contributed by atoms with E-state index in [9.17, 15) is 18.0 Å². The number of halogens is 1. The molecule has 206 valence electrons. The van der Waals surface area contributed by atoms with Crippen LogP contribution in [0.25, 0.3) is 11.1 Å². The second-order valence-corrected chi connectivity index (χ2v) is 12.1. The highest BCUT2D eigenvalue weighted by atomic mass is 32.2. The monoisotopic (exact) mass is 552 g/mol. The van der Waals surface area contributed by atoms with Gasteiger partial charge in [0.25, 0.3) is 11.8 Å². The smallest absolute Gasteiger partial charge is 0.254 e. The summed E-state index contributed by atoms with van der Waals surface area (Å²) < 4.78 is 44.9. The summed E-state index contributed by atoms with van der Waals surface area (Å²) in [6.45, 7) is 7.18. The van der Waals surface area contributed by atoms with E-state index in [4.69, 9.17) is 4.74 Å². The molecule has 0 saturated heterocycles. The lowest BCUT2D eigenvalue weighted by Gasteiger charge is -2.22. The van der Waals surface area contributed by atoms with Crippen LogP contribution in [0.1, 0.15) is 52.6 Å². The van der Waals surface area contributed by atoms with Crippen LogP contribution in [0, 0.1) is 11.7 Å². The molecule has 0 fully saturated rings. The van der Waals surface area contributed by atoms with Gasteiger partial charge in [-0.3, -0.25) is 9.59 Å². The molecule has 1 N–H and O–H groups in total. The summed E-state index contributed by atoms with van der Waals surface area (Å²) >= 11 is 0. The highest BCUT2D eigenvalue weighted by molar-refractivity contribution is 7.90. The van der Waals surface area contributed by atoms with E-state index in [0.29, 0.717) is 30.3 Å². The Balaban J connectivity index is 1.59. The number of ether oxygens (including phenoxy) is 1. The predicted molar refractivity (Wildman–Crippen MR) is 148 cm³/mol. The molecule has 3 aromatic rings. The molecule has 2 amide bonds. The van der Waals surface area contributed by atoms with Gasteiger partial charge in [0.2, 0.25) is 0 Å². The molecule has 4 rings (SSSR count). The fourth-order valence-electron chi connectivity index (χ4n) is 4.56. The van der Waals surface area contributed by atoms with Gasteiger partial charge < -0.3 is 15.0 Å². The van der Waals surface area contributed by atoms with Crippen molar-refractivity contribution in [3.8, 4) is 16.9 Å². The van der Waals surface area contributed by atoms with E-state index in [1.165, 1.54) is 6.07 Å². The van der Waals surface area contributed by atoms with Gasteiger partial charge in [-0.2, -0.15) is 0 Å². The average molecular weight is 553 g/mol. The SMILES string of the molecule is CCc1c(C(=O)N2CCOc3ccc(-c4ccc(C(=O)NCC(C)C)cc4)cc3C2)ccc(S(C)(=O)=O)c1F. The molecule has 1 aliphatic heterocycles. The third-order valence-corrected chi connectivity index (χ3v) is 7.78. The van der Waals surface area contributed by atoms with Gasteiger partial charge in [-0.1, -0.05) is 39.0 Å². The number of hydrogen-bond acceptors (Lipinski definition) is 5. The second kappa shape index (κ2) is 11.6. The van der Waals surface area contributed by atoms with Crippen molar-refractivity contribution in [3.63, 3.8) is 0 Å². The van der Waals surface area contributed by atoms with E-state index in [1.54, 1.807) is 24.0 Å². The Morgan fingerprint density at radius 3 is 2.38 bits per heavy atom. The minimum atomic E-state index is -3.77. The zero-order valence-corrected chi connectivity index (χ0v) is 23.4. The number of rotatable bonds is 7. The maximum Gasteiger partial charge on any atom is 0.254 e. The Morgan fingerprint density at radius 2 is 1.74 bits per heavy atom. The van der Waals surface area contributed by atoms with Gasteiger partial charge >= 0.3 is 0 Å². The van der Waals surface area contributed by atoms with Crippen molar-refractivity contribution in [1.29, 1.82) is 0 Å². The third kappa shape index (κ3) is 6.30. The normalized spacial score (nSPS) is 13.4. The summed E-state index contributed by atoms with van der Waals surface area (Å²) in [6, 6.07) is 15.6. The van der Waals surface area contributed by atoms with Crippen molar-refractivity contribution in [2.24, 2.45) is 5.92 Å². The van der Waals surface area contributed by atoms with Crippen LogP contribution in [0.5, 0.6) is 5.75 Å². The first-order chi connectivity index (χ1) is 18.5. The molecule has 0 aliphatic carbocycles. The number of sulfone groups is 1. The van der Waals surface area contributed by atoms with Crippen molar-refractivity contribution < 1.29 is 27.1 Å². The van der Waals surface area contributed by atoms with Crippen molar-refractivity contribution in [1.82, 2.24) is 10.2 Å². The van der Waals surface area contributed by atoms with Crippen LogP contribution in [0.15, 0.2) is 59.5 Å². The number of carbonyl (C=O) groups is 2.